The summed E-state index contributed by atoms with van der Waals surface area (Å²) >= 11 is 0. The average Bonchev–Trinajstić information content (AvgIpc) is 3.45. The Morgan fingerprint density at radius 2 is 1.81 bits per heavy atom. The molecule has 0 radical (unpaired) electrons. The number of sulfone groups is 1. The minimum Gasteiger partial charge on any atom is -0.371 e. The van der Waals surface area contributed by atoms with Crippen LogP contribution in [0.3, 0.4) is 0 Å². The second-order valence-corrected chi connectivity index (χ2v) is 12.3. The number of pyridine rings is 1. The molecule has 1 aliphatic heterocycles. The van der Waals surface area contributed by atoms with Gasteiger partial charge in [-0.05, 0) is 66.8 Å². The smallest absolute Gasteiger partial charge is 0.258 e. The SMILES string of the molecule is CC(C)(C)CS(=O)(=O)c1ccc(C(=O)Nc2cccc(F)n2)c(N2CCC3(CC2)CC3)c1. The lowest BCUT2D eigenvalue weighted by molar-refractivity contribution is 0.102. The quantitative estimate of drug-likeness (QED) is 0.657. The van der Waals surface area contributed by atoms with Crippen LogP contribution in [0.2, 0.25) is 0 Å². The molecule has 2 aromatic rings. The minimum absolute atomic E-state index is 0.0152. The summed E-state index contributed by atoms with van der Waals surface area (Å²) in [5, 5.41) is 2.64. The van der Waals surface area contributed by atoms with Gasteiger partial charge in [0.25, 0.3) is 5.91 Å². The lowest BCUT2D eigenvalue weighted by atomic mass is 9.93. The van der Waals surface area contributed by atoms with Crippen molar-refractivity contribution in [2.45, 2.75) is 51.3 Å². The number of hydrogen-bond acceptors (Lipinski definition) is 5. The Balaban J connectivity index is 1.67. The highest BCUT2D eigenvalue weighted by Crippen LogP contribution is 2.54. The third kappa shape index (κ3) is 5.11. The lowest BCUT2D eigenvalue weighted by Gasteiger charge is -2.35. The van der Waals surface area contributed by atoms with E-state index >= 15 is 0 Å². The topological polar surface area (TPSA) is 79.4 Å². The van der Waals surface area contributed by atoms with Crippen LogP contribution in [0.5, 0.6) is 0 Å². The van der Waals surface area contributed by atoms with Crippen molar-refractivity contribution in [3.63, 3.8) is 0 Å². The monoisotopic (exact) mass is 459 g/mol. The summed E-state index contributed by atoms with van der Waals surface area (Å²) in [5.41, 5.74) is 1.02. The van der Waals surface area contributed by atoms with Crippen LogP contribution in [0.1, 0.15) is 56.8 Å². The number of aromatic nitrogens is 1. The van der Waals surface area contributed by atoms with Crippen molar-refractivity contribution in [3.05, 3.63) is 47.9 Å². The molecule has 1 spiro atoms. The fraction of sp³-hybridized carbons (Fsp3) is 0.500. The van der Waals surface area contributed by atoms with Crippen molar-refractivity contribution >= 4 is 27.2 Å². The van der Waals surface area contributed by atoms with Crippen LogP contribution in [0.4, 0.5) is 15.9 Å². The molecule has 0 bridgehead atoms. The van der Waals surface area contributed by atoms with Gasteiger partial charge in [-0.1, -0.05) is 26.8 Å². The summed E-state index contributed by atoms with van der Waals surface area (Å²) in [6, 6.07) is 8.87. The van der Waals surface area contributed by atoms with Crippen molar-refractivity contribution in [2.24, 2.45) is 10.8 Å². The highest BCUT2D eigenvalue weighted by Gasteiger charge is 2.44. The molecule has 2 fully saturated rings. The zero-order valence-corrected chi connectivity index (χ0v) is 19.6. The number of hydrogen-bond donors (Lipinski definition) is 1. The normalized spacial score (nSPS) is 17.9. The number of nitrogens with zero attached hydrogens (tertiary/aromatic N) is 2. The van der Waals surface area contributed by atoms with Crippen LogP contribution in [0, 0.1) is 16.8 Å². The van der Waals surface area contributed by atoms with Crippen LogP contribution >= 0.6 is 0 Å². The second-order valence-electron chi connectivity index (χ2n) is 10.3. The summed E-state index contributed by atoms with van der Waals surface area (Å²) in [6.07, 6.45) is 4.58. The van der Waals surface area contributed by atoms with Crippen molar-refractivity contribution in [1.82, 2.24) is 4.98 Å². The van der Waals surface area contributed by atoms with E-state index in [9.17, 15) is 17.6 Å². The molecule has 0 unspecified atom stereocenters. The predicted octanol–water partition coefficient (Wildman–Crippen LogP) is 4.67. The van der Waals surface area contributed by atoms with Crippen molar-refractivity contribution in [1.29, 1.82) is 0 Å². The van der Waals surface area contributed by atoms with Crippen LogP contribution in [-0.4, -0.2) is 38.2 Å². The summed E-state index contributed by atoms with van der Waals surface area (Å²) < 4.78 is 39.5. The fourth-order valence-electron chi connectivity index (χ4n) is 4.37. The van der Waals surface area contributed by atoms with E-state index in [-0.39, 0.29) is 21.9 Å². The molecule has 6 nitrogen and oxygen atoms in total. The Labute approximate surface area is 189 Å². The van der Waals surface area contributed by atoms with E-state index in [0.717, 1.165) is 25.9 Å². The molecular weight excluding hydrogens is 429 g/mol. The van der Waals surface area contributed by atoms with Gasteiger partial charge in [0.1, 0.15) is 5.82 Å². The van der Waals surface area contributed by atoms with Gasteiger partial charge in [0.05, 0.1) is 21.9 Å². The number of nitrogens with one attached hydrogen (secondary N) is 1. The third-order valence-corrected chi connectivity index (χ3v) is 8.49. The number of halogens is 1. The summed E-state index contributed by atoms with van der Waals surface area (Å²) in [6.45, 7) is 7.22. The Morgan fingerprint density at radius 1 is 1.12 bits per heavy atom. The summed E-state index contributed by atoms with van der Waals surface area (Å²) in [5.74, 6) is -0.996. The largest absolute Gasteiger partial charge is 0.371 e. The molecule has 1 saturated carbocycles. The Hall–Kier alpha value is -2.48. The maximum absolute atomic E-state index is 13.5. The molecule has 2 aliphatic rings. The van der Waals surface area contributed by atoms with E-state index in [0.29, 0.717) is 16.7 Å². The average molecular weight is 460 g/mol. The van der Waals surface area contributed by atoms with Gasteiger partial charge in [-0.3, -0.25) is 4.79 Å². The van der Waals surface area contributed by atoms with Gasteiger partial charge in [-0.25, -0.2) is 13.4 Å². The molecule has 8 heteroatoms. The van der Waals surface area contributed by atoms with Crippen molar-refractivity contribution in [3.8, 4) is 0 Å². The molecule has 1 aliphatic carbocycles. The molecule has 1 saturated heterocycles. The number of benzene rings is 1. The van der Waals surface area contributed by atoms with E-state index in [1.165, 1.54) is 37.1 Å². The lowest BCUT2D eigenvalue weighted by Crippen LogP contribution is -2.36. The first-order valence-electron chi connectivity index (χ1n) is 11.0. The van der Waals surface area contributed by atoms with Crippen LogP contribution < -0.4 is 10.2 Å². The molecule has 1 aromatic heterocycles. The number of anilines is 2. The Bertz CT molecular complexity index is 1130. The van der Waals surface area contributed by atoms with E-state index in [1.54, 1.807) is 12.1 Å². The van der Waals surface area contributed by atoms with Gasteiger partial charge in [0.15, 0.2) is 9.84 Å². The zero-order valence-electron chi connectivity index (χ0n) is 18.8. The molecule has 4 rings (SSSR count). The van der Waals surface area contributed by atoms with Crippen molar-refractivity contribution in [2.75, 3.05) is 29.1 Å². The molecule has 2 heterocycles. The highest BCUT2D eigenvalue weighted by molar-refractivity contribution is 7.91. The number of rotatable bonds is 5. The van der Waals surface area contributed by atoms with Crippen LogP contribution in [-0.2, 0) is 9.84 Å². The maximum atomic E-state index is 13.5. The number of amides is 1. The molecule has 0 atom stereocenters. The van der Waals surface area contributed by atoms with Crippen molar-refractivity contribution < 1.29 is 17.6 Å². The van der Waals surface area contributed by atoms with E-state index < -0.39 is 21.7 Å². The van der Waals surface area contributed by atoms with E-state index in [2.05, 4.69) is 15.2 Å². The van der Waals surface area contributed by atoms with Gasteiger partial charge in [-0.2, -0.15) is 4.39 Å². The molecule has 32 heavy (non-hydrogen) atoms. The molecule has 1 amide bonds. The summed E-state index contributed by atoms with van der Waals surface area (Å²) in [7, 11) is -3.52. The Morgan fingerprint density at radius 3 is 2.41 bits per heavy atom. The van der Waals surface area contributed by atoms with Gasteiger partial charge in [-0.15, -0.1) is 0 Å². The van der Waals surface area contributed by atoms with E-state index in [4.69, 9.17) is 0 Å². The third-order valence-electron chi connectivity index (χ3n) is 6.27. The molecular formula is C24H30FN3O3S. The number of carbonyl (C=O) groups is 1. The van der Waals surface area contributed by atoms with E-state index in [1.807, 2.05) is 20.8 Å². The first-order valence-corrected chi connectivity index (χ1v) is 12.7. The summed E-state index contributed by atoms with van der Waals surface area (Å²) in [4.78, 5) is 19.1. The van der Waals surface area contributed by atoms with Gasteiger partial charge < -0.3 is 10.2 Å². The first kappa shape index (κ1) is 22.7. The first-order chi connectivity index (χ1) is 15.0. The van der Waals surface area contributed by atoms with Gasteiger partial charge >= 0.3 is 0 Å². The van der Waals surface area contributed by atoms with Crippen LogP contribution in [0.25, 0.3) is 0 Å². The molecule has 1 aromatic carbocycles. The number of piperidine rings is 1. The van der Waals surface area contributed by atoms with Gasteiger partial charge in [0, 0.05) is 13.1 Å². The molecule has 172 valence electrons. The molecule has 1 N–H and O–H groups in total. The minimum atomic E-state index is -3.52. The Kier molecular flexibility index (Phi) is 5.77. The maximum Gasteiger partial charge on any atom is 0.258 e. The zero-order chi connectivity index (χ0) is 23.1. The van der Waals surface area contributed by atoms with Gasteiger partial charge in [0.2, 0.25) is 5.95 Å². The standard InChI is InChI=1S/C24H30FN3O3S/c1-23(2,3)16-32(30,31)17-7-8-18(22(29)27-21-6-4-5-20(25)26-21)19(15-17)28-13-11-24(9-10-24)12-14-28/h4-8,15H,9-14,16H2,1-3H3,(H,26,27,29). The predicted molar refractivity (Wildman–Crippen MR) is 123 cm³/mol. The van der Waals surface area contributed by atoms with Crippen LogP contribution in [0.15, 0.2) is 41.3 Å². The number of carbonyl (C=O) groups excluding carboxylic acids is 1. The second kappa shape index (κ2) is 8.14. The fourth-order valence-corrected chi connectivity index (χ4v) is 6.25. The highest BCUT2D eigenvalue weighted by atomic mass is 32.2.